The molecule has 1 unspecified atom stereocenters. The highest BCUT2D eigenvalue weighted by atomic mass is 16.3. The summed E-state index contributed by atoms with van der Waals surface area (Å²) >= 11 is 0. The normalized spacial score (nSPS) is 20.5. The lowest BCUT2D eigenvalue weighted by molar-refractivity contribution is 0.187. The molecule has 1 aliphatic heterocycles. The summed E-state index contributed by atoms with van der Waals surface area (Å²) in [6, 6.07) is 2.78. The first kappa shape index (κ1) is 14.6. The van der Waals surface area contributed by atoms with E-state index in [4.69, 9.17) is 4.42 Å². The van der Waals surface area contributed by atoms with E-state index in [9.17, 15) is 0 Å². The number of rotatable bonds is 7. The Bertz CT molecular complexity index is 377. The van der Waals surface area contributed by atoms with Crippen LogP contribution < -0.4 is 5.32 Å². The molecule has 2 rings (SSSR count). The summed E-state index contributed by atoms with van der Waals surface area (Å²) in [6.07, 6.45) is 4.47. The molecule has 1 aromatic heterocycles. The first-order chi connectivity index (χ1) is 9.24. The van der Waals surface area contributed by atoms with Crippen LogP contribution >= 0.6 is 0 Å². The van der Waals surface area contributed by atoms with Gasteiger partial charge in [-0.1, -0.05) is 6.92 Å². The third-order valence-electron chi connectivity index (χ3n) is 4.05. The Morgan fingerprint density at radius 3 is 3.11 bits per heavy atom. The topological polar surface area (TPSA) is 31.6 Å². The van der Waals surface area contributed by atoms with Crippen molar-refractivity contribution < 1.29 is 4.42 Å². The predicted molar refractivity (Wildman–Crippen MR) is 78.1 cm³/mol. The minimum Gasteiger partial charge on any atom is -0.468 e. The molecular formula is C15H27N3O. The van der Waals surface area contributed by atoms with Crippen LogP contribution in [-0.2, 0) is 13.1 Å². The molecule has 1 fully saturated rings. The molecule has 0 bridgehead atoms. The van der Waals surface area contributed by atoms with Gasteiger partial charge in [0.2, 0.25) is 0 Å². The van der Waals surface area contributed by atoms with E-state index in [1.807, 2.05) is 7.05 Å². The maximum Gasteiger partial charge on any atom is 0.122 e. The van der Waals surface area contributed by atoms with Crippen LogP contribution in [0.25, 0.3) is 0 Å². The molecule has 0 amide bonds. The largest absolute Gasteiger partial charge is 0.468 e. The second-order valence-corrected chi connectivity index (χ2v) is 5.52. The zero-order valence-corrected chi connectivity index (χ0v) is 12.5. The fraction of sp³-hybridized carbons (Fsp3) is 0.733. The summed E-state index contributed by atoms with van der Waals surface area (Å²) < 4.78 is 5.61. The highest BCUT2D eigenvalue weighted by molar-refractivity contribution is 5.16. The zero-order valence-electron chi connectivity index (χ0n) is 12.5. The average molecular weight is 265 g/mol. The number of likely N-dealkylation sites (tertiary alicyclic amines) is 1. The van der Waals surface area contributed by atoms with Crippen molar-refractivity contribution >= 4 is 0 Å². The molecule has 1 atom stereocenters. The number of hydrogen-bond donors (Lipinski definition) is 1. The molecule has 4 heteroatoms. The maximum absolute atomic E-state index is 5.61. The molecule has 0 aromatic carbocycles. The van der Waals surface area contributed by atoms with Gasteiger partial charge in [0.15, 0.2) is 0 Å². The smallest absolute Gasteiger partial charge is 0.122 e. The van der Waals surface area contributed by atoms with E-state index in [1.54, 1.807) is 6.26 Å². The number of nitrogens with one attached hydrogen (secondary N) is 1. The number of hydrogen-bond acceptors (Lipinski definition) is 4. The van der Waals surface area contributed by atoms with Crippen LogP contribution in [0, 0.1) is 0 Å². The van der Waals surface area contributed by atoms with Crippen molar-refractivity contribution in [2.75, 3.05) is 33.7 Å². The first-order valence-corrected chi connectivity index (χ1v) is 7.37. The Kier molecular flexibility index (Phi) is 5.43. The van der Waals surface area contributed by atoms with Gasteiger partial charge in [-0.3, -0.25) is 9.80 Å². The SMILES string of the molecule is CCN1CCCC1CN(C)Cc1occc1CNC. The lowest BCUT2D eigenvalue weighted by atomic mass is 10.2. The van der Waals surface area contributed by atoms with Crippen molar-refractivity contribution in [1.29, 1.82) is 0 Å². The monoisotopic (exact) mass is 265 g/mol. The molecule has 0 saturated carbocycles. The molecule has 4 nitrogen and oxygen atoms in total. The Hall–Kier alpha value is -0.840. The summed E-state index contributed by atoms with van der Waals surface area (Å²) in [6.45, 7) is 7.61. The van der Waals surface area contributed by atoms with Crippen LogP contribution in [0.3, 0.4) is 0 Å². The Morgan fingerprint density at radius 2 is 2.37 bits per heavy atom. The molecule has 0 aliphatic carbocycles. The second kappa shape index (κ2) is 7.08. The molecule has 108 valence electrons. The van der Waals surface area contributed by atoms with Gasteiger partial charge in [0, 0.05) is 24.7 Å². The van der Waals surface area contributed by atoms with Crippen LogP contribution in [0.1, 0.15) is 31.1 Å². The van der Waals surface area contributed by atoms with E-state index >= 15 is 0 Å². The fourth-order valence-electron chi connectivity index (χ4n) is 3.04. The van der Waals surface area contributed by atoms with E-state index in [0.717, 1.165) is 31.4 Å². The third-order valence-corrected chi connectivity index (χ3v) is 4.05. The van der Waals surface area contributed by atoms with Crippen molar-refractivity contribution in [2.24, 2.45) is 0 Å². The highest BCUT2D eigenvalue weighted by Gasteiger charge is 2.24. The van der Waals surface area contributed by atoms with E-state index in [1.165, 1.54) is 31.5 Å². The number of nitrogens with zero attached hydrogens (tertiary/aromatic N) is 2. The molecule has 1 saturated heterocycles. The molecule has 1 aromatic rings. The van der Waals surface area contributed by atoms with Crippen LogP contribution in [0.2, 0.25) is 0 Å². The highest BCUT2D eigenvalue weighted by Crippen LogP contribution is 2.19. The lowest BCUT2D eigenvalue weighted by Gasteiger charge is -2.27. The molecule has 19 heavy (non-hydrogen) atoms. The van der Waals surface area contributed by atoms with E-state index < -0.39 is 0 Å². The standard InChI is InChI=1S/C15H27N3O/c1-4-18-8-5-6-14(18)11-17(3)12-15-13(10-16-2)7-9-19-15/h7,9,14,16H,4-6,8,10-12H2,1-3H3. The average Bonchev–Trinajstić information content (AvgIpc) is 3.00. The van der Waals surface area contributed by atoms with Crippen molar-refractivity contribution in [2.45, 2.75) is 38.9 Å². The zero-order chi connectivity index (χ0) is 13.7. The molecule has 1 aliphatic rings. The maximum atomic E-state index is 5.61. The van der Waals surface area contributed by atoms with Gasteiger partial charge < -0.3 is 9.73 Å². The molecule has 1 N–H and O–H groups in total. The Morgan fingerprint density at radius 1 is 1.53 bits per heavy atom. The quantitative estimate of drug-likeness (QED) is 0.816. The van der Waals surface area contributed by atoms with Gasteiger partial charge >= 0.3 is 0 Å². The van der Waals surface area contributed by atoms with E-state index in [0.29, 0.717) is 0 Å². The first-order valence-electron chi connectivity index (χ1n) is 7.37. The lowest BCUT2D eigenvalue weighted by Crippen LogP contribution is -2.38. The third kappa shape index (κ3) is 3.81. The minimum atomic E-state index is 0.720. The van der Waals surface area contributed by atoms with E-state index in [2.05, 4.69) is 35.2 Å². The van der Waals surface area contributed by atoms with Crippen LogP contribution in [0.4, 0.5) is 0 Å². The van der Waals surface area contributed by atoms with Gasteiger partial charge in [-0.25, -0.2) is 0 Å². The van der Waals surface area contributed by atoms with Crippen molar-refractivity contribution in [1.82, 2.24) is 15.1 Å². The predicted octanol–water partition coefficient (Wildman–Crippen LogP) is 1.92. The Balaban J connectivity index is 1.86. The van der Waals surface area contributed by atoms with Gasteiger partial charge in [-0.05, 0) is 46.1 Å². The molecule has 2 heterocycles. The fourth-order valence-corrected chi connectivity index (χ4v) is 3.04. The summed E-state index contributed by atoms with van der Waals surface area (Å²) in [5.74, 6) is 1.10. The molecular weight excluding hydrogens is 238 g/mol. The van der Waals surface area contributed by atoms with Crippen molar-refractivity contribution in [3.05, 3.63) is 23.7 Å². The molecule has 0 radical (unpaired) electrons. The summed E-state index contributed by atoms with van der Waals surface area (Å²) in [5.41, 5.74) is 1.27. The number of furan rings is 1. The second-order valence-electron chi connectivity index (χ2n) is 5.52. The molecule has 0 spiro atoms. The Labute approximate surface area is 116 Å². The number of likely N-dealkylation sites (N-methyl/N-ethyl adjacent to an activating group) is 2. The van der Waals surface area contributed by atoms with Gasteiger partial charge in [-0.2, -0.15) is 0 Å². The van der Waals surface area contributed by atoms with Crippen molar-refractivity contribution in [3.8, 4) is 0 Å². The van der Waals surface area contributed by atoms with Crippen LogP contribution in [0.5, 0.6) is 0 Å². The van der Waals surface area contributed by atoms with Crippen molar-refractivity contribution in [3.63, 3.8) is 0 Å². The van der Waals surface area contributed by atoms with Crippen LogP contribution in [-0.4, -0.2) is 49.6 Å². The van der Waals surface area contributed by atoms with Gasteiger partial charge in [-0.15, -0.1) is 0 Å². The van der Waals surface area contributed by atoms with Crippen LogP contribution in [0.15, 0.2) is 16.7 Å². The summed E-state index contributed by atoms with van der Waals surface area (Å²) in [7, 11) is 4.16. The summed E-state index contributed by atoms with van der Waals surface area (Å²) in [5, 5.41) is 3.19. The van der Waals surface area contributed by atoms with Gasteiger partial charge in [0.1, 0.15) is 5.76 Å². The van der Waals surface area contributed by atoms with Gasteiger partial charge in [0.05, 0.1) is 12.8 Å². The van der Waals surface area contributed by atoms with Gasteiger partial charge in [0.25, 0.3) is 0 Å². The summed E-state index contributed by atoms with van der Waals surface area (Å²) in [4.78, 5) is 4.98. The minimum absolute atomic E-state index is 0.720. The van der Waals surface area contributed by atoms with E-state index in [-0.39, 0.29) is 0 Å².